The number of fused-ring (bicyclic) bond motifs is 1. The Hall–Kier alpha value is -2.20. The van der Waals surface area contributed by atoms with E-state index in [2.05, 4.69) is 5.32 Å². The van der Waals surface area contributed by atoms with Crippen LogP contribution in [0.4, 0.5) is 4.39 Å². The molecule has 1 aliphatic rings. The van der Waals surface area contributed by atoms with Crippen molar-refractivity contribution in [2.24, 2.45) is 0 Å². The summed E-state index contributed by atoms with van der Waals surface area (Å²) >= 11 is 0. The topological polar surface area (TPSA) is 49.3 Å². The number of hydrogen-bond donors (Lipinski definition) is 2. The number of hydrogen-bond acceptors (Lipinski definition) is 2. The maximum absolute atomic E-state index is 14.2. The maximum atomic E-state index is 14.2. The van der Waals surface area contributed by atoms with Crippen molar-refractivity contribution < 1.29 is 14.3 Å². The van der Waals surface area contributed by atoms with E-state index in [0.717, 1.165) is 11.1 Å². The van der Waals surface area contributed by atoms with Crippen molar-refractivity contribution in [2.45, 2.75) is 24.8 Å². The van der Waals surface area contributed by atoms with Crippen molar-refractivity contribution in [1.29, 1.82) is 0 Å². The van der Waals surface area contributed by atoms with Crippen molar-refractivity contribution in [3.8, 4) is 0 Å². The second-order valence-electron chi connectivity index (χ2n) is 5.68. The monoisotopic (exact) mass is 299 g/mol. The largest absolute Gasteiger partial charge is 0.395 e. The van der Waals surface area contributed by atoms with Crippen LogP contribution in [-0.4, -0.2) is 17.6 Å². The van der Waals surface area contributed by atoms with E-state index < -0.39 is 11.2 Å². The molecule has 0 radical (unpaired) electrons. The van der Waals surface area contributed by atoms with Gasteiger partial charge in [0.2, 0.25) is 5.91 Å². The van der Waals surface area contributed by atoms with E-state index in [1.54, 1.807) is 6.07 Å². The molecule has 0 aromatic heterocycles. The molecule has 2 aromatic rings. The summed E-state index contributed by atoms with van der Waals surface area (Å²) in [7, 11) is 0. The highest BCUT2D eigenvalue weighted by molar-refractivity contribution is 5.89. The van der Waals surface area contributed by atoms with Gasteiger partial charge in [0.25, 0.3) is 0 Å². The predicted octanol–water partition coefficient (Wildman–Crippen LogP) is 2.32. The summed E-state index contributed by atoms with van der Waals surface area (Å²) in [5, 5.41) is 12.7. The molecule has 1 unspecified atom stereocenters. The molecule has 2 N–H and O–H groups in total. The lowest BCUT2D eigenvalue weighted by Crippen LogP contribution is -2.46. The molecular formula is C18H18FNO2. The molecule has 0 fully saturated rings. The lowest BCUT2D eigenvalue weighted by atomic mass is 9.81. The number of aliphatic hydroxyl groups is 1. The predicted molar refractivity (Wildman–Crippen MR) is 81.8 cm³/mol. The first-order chi connectivity index (χ1) is 10.7. The molecule has 4 heteroatoms. The number of amides is 1. The molecule has 114 valence electrons. The molecule has 0 heterocycles. The fourth-order valence-electron chi connectivity index (χ4n) is 3.19. The molecule has 1 atom stereocenters. The van der Waals surface area contributed by atoms with E-state index in [1.807, 2.05) is 36.4 Å². The third-order valence-corrected chi connectivity index (χ3v) is 4.40. The third kappa shape index (κ3) is 2.40. The van der Waals surface area contributed by atoms with Gasteiger partial charge in [0.15, 0.2) is 0 Å². The van der Waals surface area contributed by atoms with Gasteiger partial charge in [-0.1, -0.05) is 42.5 Å². The van der Waals surface area contributed by atoms with Gasteiger partial charge in [-0.05, 0) is 30.0 Å². The van der Waals surface area contributed by atoms with Crippen LogP contribution in [0.2, 0.25) is 0 Å². The molecule has 0 aliphatic heterocycles. The van der Waals surface area contributed by atoms with Gasteiger partial charge in [-0.3, -0.25) is 4.79 Å². The number of halogens is 1. The highest BCUT2D eigenvalue weighted by Gasteiger charge is 2.46. The molecule has 0 saturated heterocycles. The highest BCUT2D eigenvalue weighted by atomic mass is 19.1. The van der Waals surface area contributed by atoms with E-state index in [4.69, 9.17) is 0 Å². The Morgan fingerprint density at radius 3 is 2.68 bits per heavy atom. The van der Waals surface area contributed by atoms with Crippen molar-refractivity contribution in [3.05, 3.63) is 71.0 Å². The van der Waals surface area contributed by atoms with Gasteiger partial charge < -0.3 is 10.4 Å². The van der Waals surface area contributed by atoms with Crippen molar-refractivity contribution in [1.82, 2.24) is 5.32 Å². The van der Waals surface area contributed by atoms with E-state index in [-0.39, 0.29) is 12.5 Å². The molecule has 2 aromatic carbocycles. The van der Waals surface area contributed by atoms with Crippen LogP contribution in [0.1, 0.15) is 23.1 Å². The number of aryl methyl sites for hydroxylation is 1. The molecule has 3 rings (SSSR count). The van der Waals surface area contributed by atoms with E-state index >= 15 is 0 Å². The van der Waals surface area contributed by atoms with Gasteiger partial charge in [-0.25, -0.2) is 4.39 Å². The Labute approximate surface area is 128 Å². The number of carbonyl (C=O) groups is 1. The van der Waals surface area contributed by atoms with Crippen LogP contribution in [0.3, 0.4) is 0 Å². The summed E-state index contributed by atoms with van der Waals surface area (Å²) in [6.07, 6.45) is 1.03. The fourth-order valence-corrected chi connectivity index (χ4v) is 3.19. The standard InChI is InChI=1S/C18H18FNO2/c19-15-8-4-7-14-9-10-18(12-21,16(14)15)17(22)20-11-13-5-2-1-3-6-13/h1-8,21H,9-12H2,(H,20,22). The van der Waals surface area contributed by atoms with Crippen LogP contribution in [0, 0.1) is 5.82 Å². The average molecular weight is 299 g/mol. The van der Waals surface area contributed by atoms with Crippen LogP contribution < -0.4 is 5.32 Å². The fraction of sp³-hybridized carbons (Fsp3) is 0.278. The van der Waals surface area contributed by atoms with Gasteiger partial charge in [0.05, 0.1) is 6.61 Å². The first-order valence-corrected chi connectivity index (χ1v) is 7.38. The summed E-state index contributed by atoms with van der Waals surface area (Å²) in [5.74, 6) is -0.735. The zero-order chi connectivity index (χ0) is 15.6. The molecule has 0 saturated carbocycles. The van der Waals surface area contributed by atoms with Crippen molar-refractivity contribution >= 4 is 5.91 Å². The Bertz CT molecular complexity index is 687. The van der Waals surface area contributed by atoms with Crippen molar-refractivity contribution in [2.75, 3.05) is 6.61 Å². The Morgan fingerprint density at radius 2 is 1.95 bits per heavy atom. The number of benzene rings is 2. The van der Waals surface area contributed by atoms with Crippen LogP contribution in [-0.2, 0) is 23.2 Å². The van der Waals surface area contributed by atoms with Crippen molar-refractivity contribution in [3.63, 3.8) is 0 Å². The molecule has 0 bridgehead atoms. The summed E-state index contributed by atoms with van der Waals surface area (Å²) < 4.78 is 14.2. The van der Waals surface area contributed by atoms with Crippen LogP contribution >= 0.6 is 0 Å². The zero-order valence-electron chi connectivity index (χ0n) is 12.2. The normalized spacial score (nSPS) is 19.7. The number of rotatable bonds is 4. The molecular weight excluding hydrogens is 281 g/mol. The maximum Gasteiger partial charge on any atom is 0.233 e. The minimum atomic E-state index is -1.17. The minimum absolute atomic E-state index is 0.317. The summed E-state index contributed by atoms with van der Waals surface area (Å²) in [6, 6.07) is 14.3. The van der Waals surface area contributed by atoms with Gasteiger partial charge in [0, 0.05) is 12.1 Å². The smallest absolute Gasteiger partial charge is 0.233 e. The first kappa shape index (κ1) is 14.7. The molecule has 1 aliphatic carbocycles. The van der Waals surface area contributed by atoms with Crippen LogP contribution in [0.25, 0.3) is 0 Å². The average Bonchev–Trinajstić information content (AvgIpc) is 2.95. The Balaban J connectivity index is 1.85. The second-order valence-corrected chi connectivity index (χ2v) is 5.68. The number of aliphatic hydroxyl groups excluding tert-OH is 1. The number of nitrogens with one attached hydrogen (secondary N) is 1. The van der Waals surface area contributed by atoms with Gasteiger partial charge in [0.1, 0.15) is 11.2 Å². The van der Waals surface area contributed by atoms with Gasteiger partial charge in [-0.15, -0.1) is 0 Å². The quantitative estimate of drug-likeness (QED) is 0.910. The lowest BCUT2D eigenvalue weighted by molar-refractivity contribution is -0.128. The summed E-state index contributed by atoms with van der Waals surface area (Å²) in [6.45, 7) is -0.0211. The molecule has 0 spiro atoms. The Kier molecular flexibility index (Phi) is 3.94. The summed E-state index contributed by atoms with van der Waals surface area (Å²) in [4.78, 5) is 12.6. The highest BCUT2D eigenvalue weighted by Crippen LogP contribution is 2.40. The van der Waals surface area contributed by atoms with Crippen LogP contribution in [0.15, 0.2) is 48.5 Å². The SMILES string of the molecule is O=C(NCc1ccccc1)C1(CO)CCc2cccc(F)c21. The molecule has 1 amide bonds. The first-order valence-electron chi connectivity index (χ1n) is 7.38. The molecule has 22 heavy (non-hydrogen) atoms. The van der Waals surface area contributed by atoms with Gasteiger partial charge in [-0.2, -0.15) is 0 Å². The van der Waals surface area contributed by atoms with E-state index in [1.165, 1.54) is 6.07 Å². The zero-order valence-corrected chi connectivity index (χ0v) is 12.2. The number of carbonyl (C=O) groups excluding carboxylic acids is 1. The lowest BCUT2D eigenvalue weighted by Gasteiger charge is -2.27. The third-order valence-electron chi connectivity index (χ3n) is 4.40. The Morgan fingerprint density at radius 1 is 1.18 bits per heavy atom. The van der Waals surface area contributed by atoms with Gasteiger partial charge >= 0.3 is 0 Å². The molecule has 3 nitrogen and oxygen atoms in total. The van der Waals surface area contributed by atoms with E-state index in [0.29, 0.717) is 24.9 Å². The summed E-state index contributed by atoms with van der Waals surface area (Å²) in [5.41, 5.74) is 0.956. The van der Waals surface area contributed by atoms with Crippen LogP contribution in [0.5, 0.6) is 0 Å². The minimum Gasteiger partial charge on any atom is -0.395 e. The second kappa shape index (κ2) is 5.89. The van der Waals surface area contributed by atoms with E-state index in [9.17, 15) is 14.3 Å².